The number of thiazole rings is 1. The molecule has 0 unspecified atom stereocenters. The van der Waals surface area contributed by atoms with Crippen LogP contribution in [0.25, 0.3) is 22.1 Å². The zero-order valence-corrected chi connectivity index (χ0v) is 23.2. The molecule has 5 heterocycles. The highest BCUT2D eigenvalue weighted by Crippen LogP contribution is 2.38. The fraction of sp³-hybridized carbons (Fsp3) is 0.519. The molecule has 2 amide bonds. The number of hydrogen-bond donors (Lipinski definition) is 1. The molecule has 4 aromatic rings. The zero-order chi connectivity index (χ0) is 27.8. The van der Waals surface area contributed by atoms with Crippen molar-refractivity contribution in [1.82, 2.24) is 33.9 Å². The molecule has 0 bridgehead atoms. The number of likely N-dealkylation sites (tertiary alicyclic amines) is 1. The number of aromatic nitrogens is 5. The van der Waals surface area contributed by atoms with Gasteiger partial charge in [0.2, 0.25) is 5.91 Å². The number of imidazole rings is 1. The Labute approximate surface area is 233 Å². The highest BCUT2D eigenvalue weighted by atomic mass is 32.1. The highest BCUT2D eigenvalue weighted by Gasteiger charge is 2.42. The molecule has 0 atom stereocenters. The van der Waals surface area contributed by atoms with Gasteiger partial charge in [0.1, 0.15) is 16.9 Å². The number of anilines is 2. The lowest BCUT2D eigenvalue weighted by Gasteiger charge is -2.22. The minimum Gasteiger partial charge on any atom is -0.336 e. The van der Waals surface area contributed by atoms with Crippen molar-refractivity contribution in [3.63, 3.8) is 0 Å². The van der Waals surface area contributed by atoms with Gasteiger partial charge in [-0.1, -0.05) is 0 Å². The number of nitrogens with one attached hydrogen (secondary N) is 1. The molecule has 1 N–H and O–H groups in total. The largest absolute Gasteiger partial charge is 0.336 e. The number of aryl methyl sites for hydroxylation is 2. The summed E-state index contributed by atoms with van der Waals surface area (Å²) in [6.45, 7) is 2.11. The van der Waals surface area contributed by atoms with Crippen LogP contribution < -0.4 is 5.32 Å². The van der Waals surface area contributed by atoms with Gasteiger partial charge in [-0.15, -0.1) is 11.3 Å². The van der Waals surface area contributed by atoms with E-state index in [2.05, 4.69) is 30.8 Å². The fourth-order valence-electron chi connectivity index (χ4n) is 5.81. The molecule has 13 heteroatoms. The van der Waals surface area contributed by atoms with Gasteiger partial charge in [-0.05, 0) is 38.7 Å². The summed E-state index contributed by atoms with van der Waals surface area (Å²) in [6, 6.07) is 2.85. The second-order valence-electron chi connectivity index (χ2n) is 11.1. The van der Waals surface area contributed by atoms with Gasteiger partial charge in [0.25, 0.3) is 11.8 Å². The van der Waals surface area contributed by atoms with Crippen molar-refractivity contribution in [2.45, 2.75) is 70.0 Å². The van der Waals surface area contributed by atoms with Crippen LogP contribution in [0.15, 0.2) is 17.8 Å². The molecule has 1 aliphatic heterocycles. The van der Waals surface area contributed by atoms with E-state index in [1.54, 1.807) is 11.7 Å². The summed E-state index contributed by atoms with van der Waals surface area (Å²) >= 11 is 1.21. The number of halogens is 2. The van der Waals surface area contributed by atoms with Crippen molar-refractivity contribution in [3.8, 4) is 0 Å². The molecule has 0 spiro atoms. The van der Waals surface area contributed by atoms with Crippen LogP contribution in [0.4, 0.5) is 19.7 Å². The van der Waals surface area contributed by atoms with Crippen LogP contribution in [0.3, 0.4) is 0 Å². The zero-order valence-electron chi connectivity index (χ0n) is 22.4. The minimum atomic E-state index is -2.86. The number of fused-ring (bicyclic) bond motifs is 3. The van der Waals surface area contributed by atoms with E-state index in [-0.39, 0.29) is 24.6 Å². The number of rotatable bonds is 8. The molecule has 1 saturated heterocycles. The molecule has 3 fully saturated rings. The first-order valence-electron chi connectivity index (χ1n) is 13.8. The molecule has 10 nitrogen and oxygen atoms in total. The molecule has 210 valence electrons. The average molecular weight is 569 g/mol. The van der Waals surface area contributed by atoms with Gasteiger partial charge in [0, 0.05) is 55.1 Å². The van der Waals surface area contributed by atoms with Crippen molar-refractivity contribution in [2.24, 2.45) is 7.05 Å². The van der Waals surface area contributed by atoms with Crippen molar-refractivity contribution in [2.75, 3.05) is 18.4 Å². The number of amides is 2. The van der Waals surface area contributed by atoms with Gasteiger partial charge in [-0.2, -0.15) is 0 Å². The molecule has 4 aromatic heterocycles. The normalized spacial score (nSPS) is 18.6. The van der Waals surface area contributed by atoms with E-state index in [1.807, 2.05) is 18.5 Å². The van der Waals surface area contributed by atoms with Crippen molar-refractivity contribution in [3.05, 3.63) is 29.2 Å². The lowest BCUT2D eigenvalue weighted by molar-refractivity contribution is -0.131. The van der Waals surface area contributed by atoms with E-state index < -0.39 is 18.4 Å². The van der Waals surface area contributed by atoms with Crippen LogP contribution in [0, 0.1) is 0 Å². The summed E-state index contributed by atoms with van der Waals surface area (Å²) in [5.74, 6) is -2.71. The van der Waals surface area contributed by atoms with Crippen LogP contribution in [0.5, 0.6) is 0 Å². The van der Waals surface area contributed by atoms with Crippen LogP contribution in [-0.2, 0) is 24.8 Å². The average Bonchev–Trinajstić information content (AvgIpc) is 3.77. The molecule has 0 aromatic carbocycles. The molecule has 40 heavy (non-hydrogen) atoms. The third-order valence-electron chi connectivity index (χ3n) is 8.01. The predicted octanol–water partition coefficient (Wildman–Crippen LogP) is 4.32. The van der Waals surface area contributed by atoms with Crippen molar-refractivity contribution < 1.29 is 18.4 Å². The van der Waals surface area contributed by atoms with E-state index in [9.17, 15) is 18.4 Å². The SMILES string of the molecule is CCn1c(CC(=O)N(C2CC2)C2CC2)cc2c3c(ncn3C)c(Nc3nc(C(=O)N4CCC(F)(F)C4)cs3)nc21. The van der Waals surface area contributed by atoms with Crippen LogP contribution in [-0.4, -0.2) is 76.8 Å². The Morgan fingerprint density at radius 1 is 1.20 bits per heavy atom. The topological polar surface area (TPSA) is 101 Å². The van der Waals surface area contributed by atoms with Crippen LogP contribution >= 0.6 is 11.3 Å². The Balaban J connectivity index is 1.21. The standard InChI is InChI=1S/C27H30F2N8O2S/c1-3-36-17(11-20(38)37(15-4-5-15)16-6-7-16)10-18-22-21(30-14-34(22)2)23(32-24(18)36)33-26-31-19(12-40-26)25(39)35-9-8-27(28,29)13-35/h10,12,14-16H,3-9,11,13H2,1-2H3,(H,31,32,33). The quantitative estimate of drug-likeness (QED) is 0.340. The van der Waals surface area contributed by atoms with Gasteiger partial charge >= 0.3 is 0 Å². The van der Waals surface area contributed by atoms with Gasteiger partial charge in [-0.3, -0.25) is 9.59 Å². The molecule has 2 saturated carbocycles. The maximum Gasteiger partial charge on any atom is 0.273 e. The molecule has 0 radical (unpaired) electrons. The molecule has 3 aliphatic rings. The number of nitrogens with zero attached hydrogens (tertiary/aromatic N) is 7. The number of carbonyl (C=O) groups excluding carboxylic acids is 2. The van der Waals surface area contributed by atoms with Gasteiger partial charge in [0.15, 0.2) is 10.9 Å². The number of pyridine rings is 1. The van der Waals surface area contributed by atoms with Gasteiger partial charge in [0.05, 0.1) is 24.8 Å². The Morgan fingerprint density at radius 3 is 2.60 bits per heavy atom. The second-order valence-corrected chi connectivity index (χ2v) is 11.9. The number of carbonyl (C=O) groups is 2. The Bertz CT molecular complexity index is 1640. The highest BCUT2D eigenvalue weighted by molar-refractivity contribution is 7.14. The first-order chi connectivity index (χ1) is 19.2. The van der Waals surface area contributed by atoms with E-state index in [0.717, 1.165) is 52.8 Å². The predicted molar refractivity (Wildman–Crippen MR) is 147 cm³/mol. The summed E-state index contributed by atoms with van der Waals surface area (Å²) < 4.78 is 31.3. The van der Waals surface area contributed by atoms with Crippen molar-refractivity contribution >= 4 is 56.2 Å². The van der Waals surface area contributed by atoms with Gasteiger partial charge < -0.3 is 24.3 Å². The lowest BCUT2D eigenvalue weighted by Crippen LogP contribution is -2.36. The Hall–Kier alpha value is -3.61. The number of hydrogen-bond acceptors (Lipinski definition) is 7. The molecule has 7 rings (SSSR count). The molecule has 2 aliphatic carbocycles. The molecular weight excluding hydrogens is 538 g/mol. The summed E-state index contributed by atoms with van der Waals surface area (Å²) in [5.41, 5.74) is 3.30. The molecular formula is C27H30F2N8O2S. The maximum absolute atomic E-state index is 13.6. The first-order valence-corrected chi connectivity index (χ1v) is 14.6. The van der Waals surface area contributed by atoms with Crippen LogP contribution in [0.2, 0.25) is 0 Å². The van der Waals surface area contributed by atoms with Crippen molar-refractivity contribution in [1.29, 1.82) is 0 Å². The third kappa shape index (κ3) is 4.40. The van der Waals surface area contributed by atoms with Crippen LogP contribution in [0.1, 0.15) is 55.2 Å². The van der Waals surface area contributed by atoms with E-state index in [4.69, 9.17) is 4.98 Å². The first kappa shape index (κ1) is 25.4. The van der Waals surface area contributed by atoms with E-state index in [1.165, 1.54) is 11.3 Å². The maximum atomic E-state index is 13.6. The number of alkyl halides is 2. The summed E-state index contributed by atoms with van der Waals surface area (Å²) in [4.78, 5) is 43.3. The van der Waals surface area contributed by atoms with E-state index in [0.29, 0.717) is 41.5 Å². The summed E-state index contributed by atoms with van der Waals surface area (Å²) in [6.07, 6.45) is 6.10. The lowest BCUT2D eigenvalue weighted by atomic mass is 10.2. The summed E-state index contributed by atoms with van der Waals surface area (Å²) in [5, 5.41) is 6.12. The fourth-order valence-corrected chi connectivity index (χ4v) is 6.49. The monoisotopic (exact) mass is 568 g/mol. The third-order valence-corrected chi connectivity index (χ3v) is 8.77. The summed E-state index contributed by atoms with van der Waals surface area (Å²) in [7, 11) is 1.92. The smallest absolute Gasteiger partial charge is 0.273 e. The van der Waals surface area contributed by atoms with E-state index >= 15 is 0 Å². The Kier molecular flexibility index (Phi) is 5.84. The van der Waals surface area contributed by atoms with Gasteiger partial charge in [-0.25, -0.2) is 23.7 Å². The second kappa shape index (κ2) is 9.22. The Morgan fingerprint density at radius 2 is 1.95 bits per heavy atom. The minimum absolute atomic E-state index is 0.0107.